The van der Waals surface area contributed by atoms with Gasteiger partial charge in [-0.15, -0.1) is 21.1 Å². The van der Waals surface area contributed by atoms with Crippen LogP contribution in [0.5, 0.6) is 0 Å². The van der Waals surface area contributed by atoms with Crippen LogP contribution < -0.4 is 9.62 Å². The highest BCUT2D eigenvalue weighted by Gasteiger charge is 2.63. The summed E-state index contributed by atoms with van der Waals surface area (Å²) in [5, 5.41) is 8.54. The molecule has 67 heavy (non-hydrogen) atoms. The van der Waals surface area contributed by atoms with E-state index in [9.17, 15) is 22.3 Å². The van der Waals surface area contributed by atoms with Crippen LogP contribution in [0.1, 0.15) is 61.8 Å². The summed E-state index contributed by atoms with van der Waals surface area (Å²) in [7, 11) is -6.64. The molecule has 2 aliphatic heterocycles. The van der Waals surface area contributed by atoms with Crippen LogP contribution in [-0.4, -0.2) is 110 Å². The van der Waals surface area contributed by atoms with Crippen molar-refractivity contribution in [2.24, 2.45) is 5.92 Å². The van der Waals surface area contributed by atoms with Gasteiger partial charge in [0.2, 0.25) is 0 Å². The van der Waals surface area contributed by atoms with Gasteiger partial charge < -0.3 is 14.9 Å². The molecule has 2 saturated carbocycles. The fourth-order valence-corrected chi connectivity index (χ4v) is 14.8. The van der Waals surface area contributed by atoms with E-state index in [1.54, 1.807) is 11.8 Å². The summed E-state index contributed by atoms with van der Waals surface area (Å²) >= 11 is 7.78. The lowest BCUT2D eigenvalue weighted by Crippen LogP contribution is -2.51. The first-order chi connectivity index (χ1) is 31.8. The number of halogens is 3. The first-order valence-corrected chi connectivity index (χ1v) is 28.1. The molecule has 3 heterocycles. The number of rotatable bonds is 17. The van der Waals surface area contributed by atoms with Crippen LogP contribution in [0.2, 0.25) is 5.02 Å². The van der Waals surface area contributed by atoms with Crippen molar-refractivity contribution in [1.29, 1.82) is 0 Å². The predicted molar refractivity (Wildman–Crippen MR) is 264 cm³/mol. The molecule has 1 aromatic heterocycles. The lowest BCUT2D eigenvalue weighted by atomic mass is 9.76. The molecule has 2 aliphatic carbocycles. The van der Waals surface area contributed by atoms with Crippen LogP contribution in [0.25, 0.3) is 11.1 Å². The Morgan fingerprint density at radius 2 is 1.67 bits per heavy atom. The average molecular weight is 994 g/mol. The Morgan fingerprint density at radius 3 is 2.37 bits per heavy atom. The first kappa shape index (κ1) is 48.0. The van der Waals surface area contributed by atoms with Crippen molar-refractivity contribution in [3.05, 3.63) is 125 Å². The summed E-state index contributed by atoms with van der Waals surface area (Å²) in [5.74, 6) is -0.614. The number of nitrogens with zero attached hydrogens (tertiary/aromatic N) is 5. The maximum absolute atomic E-state index is 16.3. The number of anilines is 2. The Labute approximate surface area is 402 Å². The monoisotopic (exact) mass is 992 g/mol. The third kappa shape index (κ3) is 9.79. The Bertz CT molecular complexity index is 2800. The van der Waals surface area contributed by atoms with Crippen molar-refractivity contribution >= 4 is 54.2 Å². The molecule has 9 rings (SSSR count). The van der Waals surface area contributed by atoms with Gasteiger partial charge in [0, 0.05) is 65.5 Å². The quantitative estimate of drug-likeness (QED) is 0.0607. The SMILES string of the molecule is CN(C)CCC1(CSc2ccccc2)CN1c1ccc(S(=O)(=O)Nc2ncnc3c2CCN(C2CCC(O)(Cc4ccccc4-c4ccc(Cl)cc4)CC2)C3)cc1S(C)(=O)(O)C(F)(F)C1CC1. The zero-order valence-electron chi connectivity index (χ0n) is 38.1. The topological polar surface area (TPSA) is 139 Å². The number of hydrogen-bond donors (Lipinski definition) is 3. The molecule has 0 radical (unpaired) electrons. The van der Waals surface area contributed by atoms with Gasteiger partial charge >= 0.3 is 5.25 Å². The standard InChI is InChI=1S/C50H59ClF2N6O5S3/c1-57(2)28-26-48(33-65-40-10-5-4-6-11-40)32-59(48)45-20-19-41(29-46(45)67(3,63,64)50(52,53)37-15-16-37)66(61,62)56-47-43-23-27-58(31-44(43)54-34-55-47)39-21-24-49(60,25-22-39)30-36-9-7-8-12-42(36)35-13-17-38(51)18-14-35/h4-14,17-20,29,34,37,39,60H,15-16,21-28,30-33H2,1-3H3,(H,63,64)(H,54,55,56). The summed E-state index contributed by atoms with van der Waals surface area (Å²) in [5.41, 5.74) is 3.26. The van der Waals surface area contributed by atoms with Gasteiger partial charge in [-0.1, -0.05) is 66.2 Å². The van der Waals surface area contributed by atoms with Crippen molar-refractivity contribution in [1.82, 2.24) is 19.8 Å². The van der Waals surface area contributed by atoms with E-state index in [4.69, 9.17) is 11.6 Å². The van der Waals surface area contributed by atoms with Gasteiger partial charge in [0.25, 0.3) is 10.0 Å². The highest BCUT2D eigenvalue weighted by Crippen LogP contribution is 2.60. The molecule has 3 N–H and O–H groups in total. The van der Waals surface area contributed by atoms with Crippen molar-refractivity contribution in [2.45, 2.75) is 101 Å². The number of alkyl halides is 2. The van der Waals surface area contributed by atoms with E-state index < -0.39 is 51.5 Å². The number of sulfonamides is 1. The maximum atomic E-state index is 16.3. The van der Waals surface area contributed by atoms with Crippen molar-refractivity contribution in [3.8, 4) is 11.1 Å². The van der Waals surface area contributed by atoms with Crippen LogP contribution in [0, 0.1) is 5.92 Å². The van der Waals surface area contributed by atoms with E-state index >= 15 is 8.78 Å². The number of thioether (sulfide) groups is 1. The number of aliphatic hydroxyl groups is 1. The molecule has 4 aromatic carbocycles. The Kier molecular flexibility index (Phi) is 13.0. The highest BCUT2D eigenvalue weighted by molar-refractivity contribution is 8.15. The lowest BCUT2D eigenvalue weighted by Gasteiger charge is -2.46. The Morgan fingerprint density at radius 1 is 0.970 bits per heavy atom. The molecule has 1 atom stereocenters. The largest absolute Gasteiger partial charge is 0.390 e. The smallest absolute Gasteiger partial charge is 0.341 e. The average Bonchev–Trinajstić information content (AvgIpc) is 4.25. The predicted octanol–water partition coefficient (Wildman–Crippen LogP) is 9.46. The minimum Gasteiger partial charge on any atom is -0.390 e. The van der Waals surface area contributed by atoms with Gasteiger partial charge in [-0.2, -0.15) is 13.0 Å². The van der Waals surface area contributed by atoms with Gasteiger partial charge in [0.05, 0.1) is 32.3 Å². The van der Waals surface area contributed by atoms with Crippen LogP contribution in [-0.2, 0) is 38.8 Å². The summed E-state index contributed by atoms with van der Waals surface area (Å²) in [6.45, 7) is 2.21. The Balaban J connectivity index is 0.930. The van der Waals surface area contributed by atoms with Gasteiger partial charge in [-0.3, -0.25) is 14.2 Å². The number of benzene rings is 4. The number of aromatic nitrogens is 2. The fourth-order valence-electron chi connectivity index (χ4n) is 9.99. The van der Waals surface area contributed by atoms with E-state index in [0.717, 1.165) is 40.5 Å². The number of hydrogen-bond acceptors (Lipinski definition) is 10. The fraction of sp³-hybridized carbons (Fsp3) is 0.440. The molecule has 0 spiro atoms. The van der Waals surface area contributed by atoms with Gasteiger partial charge in [0.1, 0.15) is 12.1 Å². The molecule has 4 aliphatic rings. The molecule has 0 bridgehead atoms. The molecule has 0 amide bonds. The molecule has 3 fully saturated rings. The molecule has 17 heteroatoms. The summed E-state index contributed by atoms with van der Waals surface area (Å²) in [4.78, 5) is 15.2. The summed E-state index contributed by atoms with van der Waals surface area (Å²) in [6.07, 6.45) is 6.67. The molecular formula is C50H59ClF2N6O5S3. The zero-order valence-corrected chi connectivity index (χ0v) is 41.3. The van der Waals surface area contributed by atoms with E-state index in [1.165, 1.54) is 18.5 Å². The van der Waals surface area contributed by atoms with Crippen molar-refractivity contribution in [3.63, 3.8) is 0 Å². The van der Waals surface area contributed by atoms with Crippen LogP contribution in [0.4, 0.5) is 20.3 Å². The third-order valence-electron chi connectivity index (χ3n) is 14.3. The first-order valence-electron chi connectivity index (χ1n) is 22.9. The van der Waals surface area contributed by atoms with Gasteiger partial charge in [-0.25, -0.2) is 18.4 Å². The van der Waals surface area contributed by atoms with E-state index in [1.807, 2.05) is 90.6 Å². The normalized spacial score (nSPS) is 23.1. The Hall–Kier alpha value is -4.00. The minimum absolute atomic E-state index is 0.0840. The van der Waals surface area contributed by atoms with Crippen LogP contribution in [0.3, 0.4) is 0 Å². The minimum atomic E-state index is -6.03. The summed E-state index contributed by atoms with van der Waals surface area (Å²) < 4.78 is 90.7. The molecule has 1 saturated heterocycles. The van der Waals surface area contributed by atoms with Crippen molar-refractivity contribution in [2.75, 3.05) is 55.4 Å². The lowest BCUT2D eigenvalue weighted by molar-refractivity contribution is -0.0221. The summed E-state index contributed by atoms with van der Waals surface area (Å²) in [6, 6.07) is 29.7. The molecule has 358 valence electrons. The second-order valence-corrected chi connectivity index (χ2v) is 26.2. The molecule has 1 unspecified atom stereocenters. The maximum Gasteiger partial charge on any atom is 0.341 e. The van der Waals surface area contributed by atoms with Crippen molar-refractivity contribution < 1.29 is 31.1 Å². The number of nitrogens with one attached hydrogen (secondary N) is 1. The molecule has 11 nitrogen and oxygen atoms in total. The van der Waals surface area contributed by atoms with Gasteiger partial charge in [0.15, 0.2) is 0 Å². The second kappa shape index (κ2) is 18.1. The van der Waals surface area contributed by atoms with E-state index in [2.05, 4.69) is 31.7 Å². The molecule has 5 aromatic rings. The van der Waals surface area contributed by atoms with E-state index in [-0.39, 0.29) is 30.4 Å². The zero-order chi connectivity index (χ0) is 47.4. The van der Waals surface area contributed by atoms with Crippen LogP contribution >= 0.6 is 23.4 Å². The van der Waals surface area contributed by atoms with Crippen LogP contribution in [0.15, 0.2) is 118 Å². The highest BCUT2D eigenvalue weighted by atomic mass is 35.5. The third-order valence-corrected chi connectivity index (χ3v) is 20.2. The number of fused-ring (bicyclic) bond motifs is 1. The molecular weight excluding hydrogens is 934 g/mol. The second-order valence-electron chi connectivity index (χ2n) is 19.5. The van der Waals surface area contributed by atoms with E-state index in [0.29, 0.717) is 86.6 Å². The van der Waals surface area contributed by atoms with Gasteiger partial charge in [-0.05, 0) is 131 Å².